The summed E-state index contributed by atoms with van der Waals surface area (Å²) in [6, 6.07) is 0.474. The van der Waals surface area contributed by atoms with Crippen molar-refractivity contribution in [2.75, 3.05) is 0 Å². The summed E-state index contributed by atoms with van der Waals surface area (Å²) in [6.07, 6.45) is 8.69. The molecule has 2 saturated carbocycles. The van der Waals surface area contributed by atoms with Gasteiger partial charge in [-0.15, -0.1) is 0 Å². The van der Waals surface area contributed by atoms with Crippen LogP contribution < -0.4 is 5.32 Å². The van der Waals surface area contributed by atoms with E-state index < -0.39 is 0 Å². The molecule has 0 aromatic rings. The van der Waals surface area contributed by atoms with Crippen LogP contribution in [0.4, 0.5) is 0 Å². The van der Waals surface area contributed by atoms with Crippen LogP contribution in [0.5, 0.6) is 0 Å². The minimum atomic E-state index is 0.0834. The monoisotopic (exact) mass is 179 g/mol. The fourth-order valence-electron chi connectivity index (χ4n) is 2.80. The number of fused-ring (bicyclic) bond motifs is 2. The Morgan fingerprint density at radius 3 is 2.77 bits per heavy atom. The molecule has 0 aromatic heterocycles. The van der Waals surface area contributed by atoms with Gasteiger partial charge in [-0.05, 0) is 44.1 Å². The van der Waals surface area contributed by atoms with Gasteiger partial charge in [0.1, 0.15) is 0 Å². The molecule has 0 spiro atoms. The Balaban J connectivity index is 1.86. The summed E-state index contributed by atoms with van der Waals surface area (Å²) in [5.74, 6) is 1.76. The molecule has 2 rings (SSSR count). The van der Waals surface area contributed by atoms with Gasteiger partial charge >= 0.3 is 0 Å². The van der Waals surface area contributed by atoms with E-state index in [-0.39, 0.29) is 5.91 Å². The van der Waals surface area contributed by atoms with E-state index in [2.05, 4.69) is 5.32 Å². The van der Waals surface area contributed by atoms with Crippen LogP contribution in [0.15, 0.2) is 12.2 Å². The van der Waals surface area contributed by atoms with Gasteiger partial charge in [0.25, 0.3) is 0 Å². The van der Waals surface area contributed by atoms with Crippen LogP contribution in [0.25, 0.3) is 0 Å². The molecule has 3 unspecified atom stereocenters. The van der Waals surface area contributed by atoms with E-state index in [0.717, 1.165) is 11.8 Å². The molecule has 0 heterocycles. The zero-order valence-electron chi connectivity index (χ0n) is 8.12. The van der Waals surface area contributed by atoms with Gasteiger partial charge in [-0.2, -0.15) is 0 Å². The van der Waals surface area contributed by atoms with Crippen molar-refractivity contribution in [1.29, 1.82) is 0 Å². The maximum atomic E-state index is 11.3. The number of amides is 1. The van der Waals surface area contributed by atoms with Crippen LogP contribution >= 0.6 is 0 Å². The summed E-state index contributed by atoms with van der Waals surface area (Å²) in [5, 5.41) is 3.09. The third-order valence-corrected chi connectivity index (χ3v) is 3.38. The zero-order chi connectivity index (χ0) is 9.26. The van der Waals surface area contributed by atoms with Gasteiger partial charge in [0.15, 0.2) is 0 Å². The summed E-state index contributed by atoms with van der Waals surface area (Å²) in [7, 11) is 0. The molecule has 2 nitrogen and oxygen atoms in total. The first-order chi connectivity index (χ1) is 6.29. The molecule has 0 aromatic carbocycles. The van der Waals surface area contributed by atoms with Gasteiger partial charge in [-0.25, -0.2) is 0 Å². The summed E-state index contributed by atoms with van der Waals surface area (Å²) >= 11 is 0. The van der Waals surface area contributed by atoms with Crippen molar-refractivity contribution < 1.29 is 4.79 Å². The molecule has 2 fully saturated rings. The quantitative estimate of drug-likeness (QED) is 0.644. The van der Waals surface area contributed by atoms with Crippen LogP contribution in [0, 0.1) is 11.8 Å². The van der Waals surface area contributed by atoms with E-state index in [1.807, 2.05) is 6.92 Å². The fraction of sp³-hybridized carbons (Fsp3) is 0.727. The molecule has 2 heteroatoms. The first-order valence-electron chi connectivity index (χ1n) is 5.22. The topological polar surface area (TPSA) is 29.1 Å². The lowest BCUT2D eigenvalue weighted by Gasteiger charge is -2.21. The Labute approximate surface area is 79.4 Å². The largest absolute Gasteiger partial charge is 0.350 e. The van der Waals surface area contributed by atoms with Gasteiger partial charge in [0.2, 0.25) is 5.91 Å². The van der Waals surface area contributed by atoms with Crippen molar-refractivity contribution in [3.63, 3.8) is 0 Å². The fourth-order valence-corrected chi connectivity index (χ4v) is 2.80. The maximum absolute atomic E-state index is 11.3. The summed E-state index contributed by atoms with van der Waals surface area (Å²) in [5.41, 5.74) is 0. The van der Waals surface area contributed by atoms with Crippen LogP contribution in [-0.2, 0) is 4.79 Å². The molecular weight excluding hydrogens is 162 g/mol. The lowest BCUT2D eigenvalue weighted by Crippen LogP contribution is -2.37. The minimum absolute atomic E-state index is 0.0834. The van der Waals surface area contributed by atoms with E-state index in [1.165, 1.54) is 25.7 Å². The molecule has 0 radical (unpaired) electrons. The molecule has 13 heavy (non-hydrogen) atoms. The average molecular weight is 179 g/mol. The van der Waals surface area contributed by atoms with Crippen molar-refractivity contribution in [3.05, 3.63) is 12.2 Å². The van der Waals surface area contributed by atoms with E-state index in [4.69, 9.17) is 0 Å². The van der Waals surface area contributed by atoms with Crippen molar-refractivity contribution in [3.8, 4) is 0 Å². The second-order valence-electron chi connectivity index (χ2n) is 4.29. The Kier molecular flexibility index (Phi) is 2.38. The molecule has 2 aliphatic carbocycles. The van der Waals surface area contributed by atoms with Crippen molar-refractivity contribution >= 4 is 5.91 Å². The highest BCUT2D eigenvalue weighted by Gasteiger charge is 2.39. The molecule has 0 saturated heterocycles. The second-order valence-corrected chi connectivity index (χ2v) is 4.29. The first kappa shape index (κ1) is 8.79. The number of carbonyl (C=O) groups excluding carboxylic acids is 1. The van der Waals surface area contributed by atoms with Crippen molar-refractivity contribution in [2.45, 2.75) is 38.6 Å². The van der Waals surface area contributed by atoms with Crippen LogP contribution in [0.3, 0.4) is 0 Å². The number of carbonyl (C=O) groups is 1. The van der Waals surface area contributed by atoms with Gasteiger partial charge in [0, 0.05) is 6.04 Å². The van der Waals surface area contributed by atoms with E-state index in [0.29, 0.717) is 6.04 Å². The lowest BCUT2D eigenvalue weighted by atomic mass is 9.95. The van der Waals surface area contributed by atoms with Gasteiger partial charge < -0.3 is 5.32 Å². The average Bonchev–Trinajstić information content (AvgIpc) is 2.65. The molecule has 72 valence electrons. The van der Waals surface area contributed by atoms with Gasteiger partial charge in [-0.1, -0.05) is 12.5 Å². The van der Waals surface area contributed by atoms with E-state index in [1.54, 1.807) is 12.2 Å². The van der Waals surface area contributed by atoms with Crippen molar-refractivity contribution in [1.82, 2.24) is 5.32 Å². The number of nitrogens with one attached hydrogen (secondary N) is 1. The predicted octanol–water partition coefficient (Wildman–Crippen LogP) is 1.87. The third kappa shape index (κ3) is 1.77. The SMILES string of the molecule is CC=CC(=O)NC1CC2CCC1C2. The highest BCUT2D eigenvalue weighted by Crippen LogP contribution is 2.44. The highest BCUT2D eigenvalue weighted by molar-refractivity contribution is 5.87. The Morgan fingerprint density at radius 1 is 1.38 bits per heavy atom. The summed E-state index contributed by atoms with van der Waals surface area (Å²) in [6.45, 7) is 1.88. The zero-order valence-corrected chi connectivity index (χ0v) is 8.12. The van der Waals surface area contributed by atoms with Crippen LogP contribution in [-0.4, -0.2) is 11.9 Å². The van der Waals surface area contributed by atoms with E-state index >= 15 is 0 Å². The number of allylic oxidation sites excluding steroid dienone is 1. The molecule has 0 aliphatic heterocycles. The Hall–Kier alpha value is -0.790. The molecule has 2 aliphatic rings. The predicted molar refractivity (Wildman–Crippen MR) is 52.2 cm³/mol. The number of rotatable bonds is 2. The van der Waals surface area contributed by atoms with Gasteiger partial charge in [-0.3, -0.25) is 4.79 Å². The standard InChI is InChI=1S/C11H17NO/c1-2-3-11(13)12-10-7-8-4-5-9(10)6-8/h2-3,8-10H,4-7H2,1H3,(H,12,13). The normalized spacial score (nSPS) is 37.2. The Bertz CT molecular complexity index is 234. The Morgan fingerprint density at radius 2 is 2.23 bits per heavy atom. The first-order valence-corrected chi connectivity index (χ1v) is 5.22. The van der Waals surface area contributed by atoms with Gasteiger partial charge in [0.05, 0.1) is 0 Å². The lowest BCUT2D eigenvalue weighted by molar-refractivity contribution is -0.117. The van der Waals surface area contributed by atoms with E-state index in [9.17, 15) is 4.79 Å². The molecule has 2 bridgehead atoms. The molecule has 1 amide bonds. The minimum Gasteiger partial charge on any atom is -0.350 e. The summed E-state index contributed by atoms with van der Waals surface area (Å²) in [4.78, 5) is 11.3. The van der Waals surface area contributed by atoms with Crippen molar-refractivity contribution in [2.24, 2.45) is 11.8 Å². The number of hydrogen-bond acceptors (Lipinski definition) is 1. The molecular formula is C11H17NO. The second kappa shape index (κ2) is 3.52. The highest BCUT2D eigenvalue weighted by atomic mass is 16.1. The summed E-state index contributed by atoms with van der Waals surface area (Å²) < 4.78 is 0. The number of hydrogen-bond donors (Lipinski definition) is 1. The smallest absolute Gasteiger partial charge is 0.243 e. The molecule has 1 N–H and O–H groups in total. The third-order valence-electron chi connectivity index (χ3n) is 3.38. The van der Waals surface area contributed by atoms with Crippen LogP contribution in [0.1, 0.15) is 32.6 Å². The maximum Gasteiger partial charge on any atom is 0.243 e. The molecule has 3 atom stereocenters. The van der Waals surface area contributed by atoms with Crippen LogP contribution in [0.2, 0.25) is 0 Å².